The molecule has 7 heteroatoms. The molecule has 7 nitrogen and oxygen atoms in total. The van der Waals surface area contributed by atoms with Crippen molar-refractivity contribution < 1.29 is 9.59 Å². The standard InChI is InChI=1S/C24H25N5O2/c1-28(2)20-13-11-18(12-14-20)16-22(26-23(30)19-8-5-4-6-9-19)24(31)27-25-17-21-10-7-15-29(21)3/h4-17H,1-3H3,(H,26,30)(H,27,31). The van der Waals surface area contributed by atoms with E-state index in [0.29, 0.717) is 5.56 Å². The fraction of sp³-hybridized carbons (Fsp3) is 0.125. The van der Waals surface area contributed by atoms with Crippen molar-refractivity contribution in [1.29, 1.82) is 0 Å². The molecule has 3 rings (SSSR count). The lowest BCUT2D eigenvalue weighted by Crippen LogP contribution is -2.32. The largest absolute Gasteiger partial charge is 0.378 e. The Morgan fingerprint density at radius 3 is 2.29 bits per heavy atom. The van der Waals surface area contributed by atoms with Gasteiger partial charge in [0.05, 0.1) is 11.9 Å². The first-order valence-corrected chi connectivity index (χ1v) is 9.74. The zero-order valence-electron chi connectivity index (χ0n) is 17.7. The molecule has 2 N–H and O–H groups in total. The number of hydrogen-bond acceptors (Lipinski definition) is 4. The summed E-state index contributed by atoms with van der Waals surface area (Å²) in [7, 11) is 5.79. The van der Waals surface area contributed by atoms with Crippen molar-refractivity contribution in [2.75, 3.05) is 19.0 Å². The first kappa shape index (κ1) is 21.6. The van der Waals surface area contributed by atoms with Gasteiger partial charge in [0.15, 0.2) is 0 Å². The Labute approximate surface area is 181 Å². The van der Waals surface area contributed by atoms with E-state index in [1.165, 1.54) is 0 Å². The lowest BCUT2D eigenvalue weighted by molar-refractivity contribution is -0.117. The highest BCUT2D eigenvalue weighted by Crippen LogP contribution is 2.14. The van der Waals surface area contributed by atoms with Gasteiger partial charge in [0.2, 0.25) is 0 Å². The van der Waals surface area contributed by atoms with Crippen LogP contribution in [0.3, 0.4) is 0 Å². The highest BCUT2D eigenvalue weighted by atomic mass is 16.2. The molecule has 2 aromatic carbocycles. The first-order valence-electron chi connectivity index (χ1n) is 9.74. The van der Waals surface area contributed by atoms with Crippen LogP contribution < -0.4 is 15.6 Å². The third kappa shape index (κ3) is 5.93. The molecule has 0 spiro atoms. The van der Waals surface area contributed by atoms with E-state index in [1.807, 2.05) is 79.3 Å². The summed E-state index contributed by atoms with van der Waals surface area (Å²) in [6, 6.07) is 20.1. The SMILES string of the molecule is CN(C)c1ccc(C=C(NC(=O)c2ccccc2)C(=O)NN=Cc2cccn2C)cc1. The Hall–Kier alpha value is -4.13. The van der Waals surface area contributed by atoms with Crippen LogP contribution in [0, 0.1) is 0 Å². The number of hydrogen-bond donors (Lipinski definition) is 2. The Kier molecular flexibility index (Phi) is 7.01. The summed E-state index contributed by atoms with van der Waals surface area (Å²) in [5, 5.41) is 6.70. The maximum Gasteiger partial charge on any atom is 0.287 e. The van der Waals surface area contributed by atoms with Gasteiger partial charge < -0.3 is 14.8 Å². The zero-order chi connectivity index (χ0) is 22.2. The fourth-order valence-corrected chi connectivity index (χ4v) is 2.80. The molecule has 0 aliphatic carbocycles. The quantitative estimate of drug-likeness (QED) is 0.354. The number of rotatable bonds is 7. The number of hydrazone groups is 1. The minimum atomic E-state index is -0.522. The summed E-state index contributed by atoms with van der Waals surface area (Å²) >= 11 is 0. The highest BCUT2D eigenvalue weighted by Gasteiger charge is 2.14. The number of anilines is 1. The van der Waals surface area contributed by atoms with Crippen LogP contribution in [0.5, 0.6) is 0 Å². The van der Waals surface area contributed by atoms with Gasteiger partial charge >= 0.3 is 0 Å². The van der Waals surface area contributed by atoms with E-state index < -0.39 is 5.91 Å². The molecule has 158 valence electrons. The van der Waals surface area contributed by atoms with Crippen LogP contribution in [-0.2, 0) is 11.8 Å². The molecule has 0 aliphatic rings. The number of nitrogens with zero attached hydrogens (tertiary/aromatic N) is 3. The molecule has 31 heavy (non-hydrogen) atoms. The molecule has 0 saturated carbocycles. The van der Waals surface area contributed by atoms with Crippen molar-refractivity contribution >= 4 is 29.8 Å². The van der Waals surface area contributed by atoms with Crippen molar-refractivity contribution in [3.8, 4) is 0 Å². The van der Waals surface area contributed by atoms with Gasteiger partial charge in [0, 0.05) is 38.6 Å². The van der Waals surface area contributed by atoms with Gasteiger partial charge in [-0.3, -0.25) is 9.59 Å². The average molecular weight is 415 g/mol. The number of nitrogens with one attached hydrogen (secondary N) is 2. The molecule has 0 saturated heterocycles. The molecule has 0 fully saturated rings. The van der Waals surface area contributed by atoms with Crippen LogP contribution >= 0.6 is 0 Å². The second kappa shape index (κ2) is 10.1. The molecule has 2 amide bonds. The molecule has 0 unspecified atom stereocenters. The first-order chi connectivity index (χ1) is 14.9. The lowest BCUT2D eigenvalue weighted by atomic mass is 10.1. The van der Waals surface area contributed by atoms with Crippen molar-refractivity contribution in [1.82, 2.24) is 15.3 Å². The molecular weight excluding hydrogens is 390 g/mol. The molecule has 3 aromatic rings. The van der Waals surface area contributed by atoms with Crippen molar-refractivity contribution in [3.05, 3.63) is 95.4 Å². The van der Waals surface area contributed by atoms with E-state index in [4.69, 9.17) is 0 Å². The van der Waals surface area contributed by atoms with Gasteiger partial charge in [0.1, 0.15) is 5.70 Å². The molecule has 0 radical (unpaired) electrons. The summed E-state index contributed by atoms with van der Waals surface area (Å²) in [6.45, 7) is 0. The van der Waals surface area contributed by atoms with Gasteiger partial charge in [-0.1, -0.05) is 30.3 Å². The number of aromatic nitrogens is 1. The number of carbonyl (C=O) groups excluding carboxylic acids is 2. The van der Waals surface area contributed by atoms with Gasteiger partial charge in [-0.15, -0.1) is 0 Å². The van der Waals surface area contributed by atoms with E-state index in [-0.39, 0.29) is 11.6 Å². The van der Waals surface area contributed by atoms with Gasteiger partial charge in [0.25, 0.3) is 11.8 Å². The molecule has 1 aromatic heterocycles. The normalized spacial score (nSPS) is 11.4. The molecule has 0 atom stereocenters. The summed E-state index contributed by atoms with van der Waals surface area (Å²) in [6.07, 6.45) is 5.04. The minimum absolute atomic E-state index is 0.0930. The third-order valence-electron chi connectivity index (χ3n) is 4.60. The Bertz CT molecular complexity index is 1100. The number of benzene rings is 2. The predicted molar refractivity (Wildman–Crippen MR) is 124 cm³/mol. The minimum Gasteiger partial charge on any atom is -0.378 e. The Morgan fingerprint density at radius 2 is 1.68 bits per heavy atom. The topological polar surface area (TPSA) is 78.7 Å². The maximum atomic E-state index is 12.8. The van der Waals surface area contributed by atoms with Crippen molar-refractivity contribution in [2.45, 2.75) is 0 Å². The fourth-order valence-electron chi connectivity index (χ4n) is 2.80. The van der Waals surface area contributed by atoms with Crippen LogP contribution in [-0.4, -0.2) is 36.7 Å². The molecule has 1 heterocycles. The Morgan fingerprint density at radius 1 is 0.968 bits per heavy atom. The highest BCUT2D eigenvalue weighted by molar-refractivity contribution is 6.05. The number of aryl methyl sites for hydroxylation is 1. The van der Waals surface area contributed by atoms with Crippen LogP contribution in [0.4, 0.5) is 5.69 Å². The maximum absolute atomic E-state index is 12.8. The summed E-state index contributed by atoms with van der Waals surface area (Å²) in [4.78, 5) is 27.4. The van der Waals surface area contributed by atoms with Crippen LogP contribution in [0.2, 0.25) is 0 Å². The van der Waals surface area contributed by atoms with E-state index in [2.05, 4.69) is 15.8 Å². The van der Waals surface area contributed by atoms with E-state index in [9.17, 15) is 9.59 Å². The monoisotopic (exact) mass is 415 g/mol. The smallest absolute Gasteiger partial charge is 0.287 e. The van der Waals surface area contributed by atoms with Crippen LogP contribution in [0.15, 0.2) is 83.7 Å². The Balaban J connectivity index is 1.82. The average Bonchev–Trinajstić information content (AvgIpc) is 3.18. The third-order valence-corrected chi connectivity index (χ3v) is 4.60. The predicted octanol–water partition coefficient (Wildman–Crippen LogP) is 3.01. The van der Waals surface area contributed by atoms with Gasteiger partial charge in [-0.2, -0.15) is 5.10 Å². The second-order valence-corrected chi connectivity index (χ2v) is 7.11. The molecular formula is C24H25N5O2. The molecule has 0 aliphatic heterocycles. The summed E-state index contributed by atoms with van der Waals surface area (Å²) in [5.41, 5.74) is 5.67. The summed E-state index contributed by atoms with van der Waals surface area (Å²) < 4.78 is 1.87. The zero-order valence-corrected chi connectivity index (χ0v) is 17.7. The second-order valence-electron chi connectivity index (χ2n) is 7.11. The van der Waals surface area contributed by atoms with Crippen molar-refractivity contribution in [3.63, 3.8) is 0 Å². The van der Waals surface area contributed by atoms with E-state index in [0.717, 1.165) is 16.9 Å². The van der Waals surface area contributed by atoms with Crippen molar-refractivity contribution in [2.24, 2.45) is 12.1 Å². The lowest BCUT2D eigenvalue weighted by Gasteiger charge is -2.12. The van der Waals surface area contributed by atoms with E-state index >= 15 is 0 Å². The number of amides is 2. The number of carbonyl (C=O) groups is 2. The van der Waals surface area contributed by atoms with Gasteiger partial charge in [-0.25, -0.2) is 5.43 Å². The van der Waals surface area contributed by atoms with Crippen LogP contribution in [0.1, 0.15) is 21.6 Å². The summed E-state index contributed by atoms with van der Waals surface area (Å²) in [5.74, 6) is -0.898. The van der Waals surface area contributed by atoms with Gasteiger partial charge in [-0.05, 0) is 48.0 Å². The van der Waals surface area contributed by atoms with Crippen LogP contribution in [0.25, 0.3) is 6.08 Å². The molecule has 0 bridgehead atoms. The van der Waals surface area contributed by atoms with E-state index in [1.54, 1.807) is 36.6 Å².